The van der Waals surface area contributed by atoms with Gasteiger partial charge in [0.15, 0.2) is 0 Å². The van der Waals surface area contributed by atoms with E-state index >= 15 is 0 Å². The van der Waals surface area contributed by atoms with Crippen molar-refractivity contribution in [2.24, 2.45) is 5.92 Å². The number of nitrogens with one attached hydrogen (secondary N) is 1. The van der Waals surface area contributed by atoms with Crippen LogP contribution < -0.4 is 5.32 Å². The van der Waals surface area contributed by atoms with Crippen molar-refractivity contribution in [1.82, 2.24) is 5.32 Å². The number of hydrogen-bond acceptors (Lipinski definition) is 2. The first kappa shape index (κ1) is 13.6. The van der Waals surface area contributed by atoms with Gasteiger partial charge in [0.1, 0.15) is 0 Å². The van der Waals surface area contributed by atoms with Crippen molar-refractivity contribution in [2.45, 2.75) is 52.1 Å². The molecule has 18 heavy (non-hydrogen) atoms. The van der Waals surface area contributed by atoms with Gasteiger partial charge in [0.2, 0.25) is 0 Å². The van der Waals surface area contributed by atoms with Gasteiger partial charge in [-0.3, -0.25) is 0 Å². The predicted octanol–water partition coefficient (Wildman–Crippen LogP) is 3.12. The average Bonchev–Trinajstić information content (AvgIpc) is 2.76. The minimum atomic E-state index is 0.317. The van der Waals surface area contributed by atoms with E-state index in [1.54, 1.807) is 0 Å². The normalized spacial score (nSPS) is 25.3. The summed E-state index contributed by atoms with van der Waals surface area (Å²) in [4.78, 5) is 0. The second-order valence-electron chi connectivity index (χ2n) is 5.73. The van der Waals surface area contributed by atoms with Gasteiger partial charge in [0.25, 0.3) is 0 Å². The summed E-state index contributed by atoms with van der Waals surface area (Å²) < 4.78 is 0. The molecule has 0 bridgehead atoms. The third-order valence-corrected chi connectivity index (χ3v) is 4.25. The average molecular weight is 247 g/mol. The van der Waals surface area contributed by atoms with Crippen molar-refractivity contribution >= 4 is 0 Å². The van der Waals surface area contributed by atoms with Crippen molar-refractivity contribution in [2.75, 3.05) is 6.61 Å². The Morgan fingerprint density at radius 3 is 2.78 bits per heavy atom. The molecule has 1 fully saturated rings. The Morgan fingerprint density at radius 1 is 1.33 bits per heavy atom. The molecule has 0 aromatic heterocycles. The number of hydrogen-bond donors (Lipinski definition) is 2. The number of aliphatic hydroxyl groups is 1. The van der Waals surface area contributed by atoms with E-state index in [9.17, 15) is 5.11 Å². The van der Waals surface area contributed by atoms with Gasteiger partial charge in [-0.2, -0.15) is 0 Å². The van der Waals surface area contributed by atoms with Gasteiger partial charge >= 0.3 is 0 Å². The van der Waals surface area contributed by atoms with E-state index in [0.717, 1.165) is 6.42 Å². The Bertz CT molecular complexity index is 402. The first-order valence-corrected chi connectivity index (χ1v) is 7.06. The van der Waals surface area contributed by atoms with Crippen LogP contribution >= 0.6 is 0 Å². The zero-order chi connectivity index (χ0) is 13.1. The van der Waals surface area contributed by atoms with Crippen LogP contribution in [-0.2, 0) is 0 Å². The van der Waals surface area contributed by atoms with Crippen LogP contribution in [0.1, 0.15) is 48.9 Å². The highest BCUT2D eigenvalue weighted by molar-refractivity contribution is 5.32. The maximum atomic E-state index is 9.37. The minimum Gasteiger partial charge on any atom is -0.396 e. The molecule has 3 atom stereocenters. The summed E-state index contributed by atoms with van der Waals surface area (Å²) in [5.41, 5.74) is 4.05. The molecule has 2 nitrogen and oxygen atoms in total. The molecule has 0 amide bonds. The summed E-state index contributed by atoms with van der Waals surface area (Å²) in [5.74, 6) is 0.443. The number of benzene rings is 1. The van der Waals surface area contributed by atoms with E-state index in [-0.39, 0.29) is 0 Å². The number of aliphatic hydroxyl groups excluding tert-OH is 1. The van der Waals surface area contributed by atoms with Gasteiger partial charge in [0.05, 0.1) is 0 Å². The fourth-order valence-corrected chi connectivity index (χ4v) is 3.20. The van der Waals surface area contributed by atoms with Crippen LogP contribution in [0.4, 0.5) is 0 Å². The highest BCUT2D eigenvalue weighted by Crippen LogP contribution is 2.28. The molecule has 1 aliphatic rings. The maximum Gasteiger partial charge on any atom is 0.0474 e. The first-order valence-electron chi connectivity index (χ1n) is 7.06. The largest absolute Gasteiger partial charge is 0.396 e. The van der Waals surface area contributed by atoms with Gasteiger partial charge < -0.3 is 10.4 Å². The summed E-state index contributed by atoms with van der Waals surface area (Å²) in [7, 11) is 0. The van der Waals surface area contributed by atoms with Crippen molar-refractivity contribution in [3.63, 3.8) is 0 Å². The summed E-state index contributed by atoms with van der Waals surface area (Å²) in [6.07, 6.45) is 3.59. The van der Waals surface area contributed by atoms with Crippen LogP contribution in [0.25, 0.3) is 0 Å². The van der Waals surface area contributed by atoms with Crippen LogP contribution in [0.15, 0.2) is 18.2 Å². The maximum absolute atomic E-state index is 9.37. The second kappa shape index (κ2) is 5.85. The number of aryl methyl sites for hydroxylation is 2. The molecule has 0 radical (unpaired) electrons. The van der Waals surface area contributed by atoms with E-state index in [0.29, 0.717) is 24.6 Å². The van der Waals surface area contributed by atoms with Crippen LogP contribution in [0.3, 0.4) is 0 Å². The predicted molar refractivity (Wildman–Crippen MR) is 75.7 cm³/mol. The summed E-state index contributed by atoms with van der Waals surface area (Å²) in [6.45, 7) is 6.86. The van der Waals surface area contributed by atoms with Gasteiger partial charge in [-0.1, -0.05) is 30.2 Å². The van der Waals surface area contributed by atoms with Crippen molar-refractivity contribution in [3.8, 4) is 0 Å². The Hall–Kier alpha value is -0.860. The van der Waals surface area contributed by atoms with Crippen LogP contribution in [0, 0.1) is 19.8 Å². The molecular formula is C16H25NO. The van der Waals surface area contributed by atoms with Crippen LogP contribution in [0.5, 0.6) is 0 Å². The minimum absolute atomic E-state index is 0.317. The highest BCUT2D eigenvalue weighted by Gasteiger charge is 2.27. The Balaban J connectivity index is 2.05. The fraction of sp³-hybridized carbons (Fsp3) is 0.625. The van der Waals surface area contributed by atoms with Crippen molar-refractivity contribution in [1.29, 1.82) is 0 Å². The zero-order valence-corrected chi connectivity index (χ0v) is 11.7. The molecule has 0 saturated heterocycles. The number of rotatable bonds is 4. The second-order valence-corrected chi connectivity index (χ2v) is 5.73. The standard InChI is InChI=1S/C16H25NO/c1-11-7-8-15(12(2)9-11)13(3)17-16-6-4-5-14(16)10-18/h7-9,13-14,16-18H,4-6,10H2,1-3H3. The molecular weight excluding hydrogens is 222 g/mol. The van der Waals surface area contributed by atoms with Crippen LogP contribution in [0.2, 0.25) is 0 Å². The van der Waals surface area contributed by atoms with Crippen molar-refractivity contribution in [3.05, 3.63) is 34.9 Å². The molecule has 1 aromatic rings. The van der Waals surface area contributed by atoms with Crippen LogP contribution in [-0.4, -0.2) is 17.8 Å². The molecule has 1 saturated carbocycles. The topological polar surface area (TPSA) is 32.3 Å². The van der Waals surface area contributed by atoms with E-state index in [1.807, 2.05) is 0 Å². The highest BCUT2D eigenvalue weighted by atomic mass is 16.3. The Kier molecular flexibility index (Phi) is 4.41. The van der Waals surface area contributed by atoms with Gasteiger partial charge in [0, 0.05) is 18.7 Å². The third-order valence-electron chi connectivity index (χ3n) is 4.25. The van der Waals surface area contributed by atoms with E-state index < -0.39 is 0 Å². The van der Waals surface area contributed by atoms with Gasteiger partial charge in [-0.25, -0.2) is 0 Å². The van der Waals surface area contributed by atoms with Gasteiger partial charge in [-0.05, 0) is 50.7 Å². The molecule has 1 aliphatic carbocycles. The van der Waals surface area contributed by atoms with E-state index in [4.69, 9.17) is 0 Å². The summed E-state index contributed by atoms with van der Waals surface area (Å²) >= 11 is 0. The summed E-state index contributed by atoms with van der Waals surface area (Å²) in [5, 5.41) is 13.1. The van der Waals surface area contributed by atoms with E-state index in [2.05, 4.69) is 44.3 Å². The molecule has 100 valence electrons. The molecule has 0 spiro atoms. The monoisotopic (exact) mass is 247 g/mol. The lowest BCUT2D eigenvalue weighted by Gasteiger charge is -2.25. The zero-order valence-electron chi connectivity index (χ0n) is 11.7. The molecule has 0 heterocycles. The van der Waals surface area contributed by atoms with E-state index in [1.165, 1.54) is 29.5 Å². The molecule has 1 aromatic carbocycles. The molecule has 0 aliphatic heterocycles. The Morgan fingerprint density at radius 2 is 2.11 bits per heavy atom. The molecule has 2 N–H and O–H groups in total. The lowest BCUT2D eigenvalue weighted by molar-refractivity contribution is 0.200. The Labute approximate surface area is 110 Å². The lowest BCUT2D eigenvalue weighted by atomic mass is 9.98. The first-order chi connectivity index (χ1) is 8.61. The van der Waals surface area contributed by atoms with Gasteiger partial charge in [-0.15, -0.1) is 0 Å². The SMILES string of the molecule is Cc1ccc(C(C)NC2CCCC2CO)c(C)c1. The molecule has 2 heteroatoms. The smallest absolute Gasteiger partial charge is 0.0474 e. The molecule has 3 unspecified atom stereocenters. The third kappa shape index (κ3) is 2.93. The lowest BCUT2D eigenvalue weighted by Crippen LogP contribution is -2.36. The van der Waals surface area contributed by atoms with Crippen molar-refractivity contribution < 1.29 is 5.11 Å². The summed E-state index contributed by atoms with van der Waals surface area (Å²) in [6, 6.07) is 7.49. The molecule has 2 rings (SSSR count). The quantitative estimate of drug-likeness (QED) is 0.857. The fourth-order valence-electron chi connectivity index (χ4n) is 3.20.